The van der Waals surface area contributed by atoms with Crippen LogP contribution in [0, 0.1) is 5.92 Å². The molecular formula is C9H11F3. The molecule has 0 aromatic carbocycles. The van der Waals surface area contributed by atoms with Crippen molar-refractivity contribution in [3.63, 3.8) is 0 Å². The van der Waals surface area contributed by atoms with E-state index in [1.54, 1.807) is 18.2 Å². The maximum atomic E-state index is 11.9. The van der Waals surface area contributed by atoms with Crippen LogP contribution in [0.15, 0.2) is 23.8 Å². The van der Waals surface area contributed by atoms with Gasteiger partial charge in [-0.25, -0.2) is 0 Å². The summed E-state index contributed by atoms with van der Waals surface area (Å²) in [5.41, 5.74) is 0.390. The first-order valence-electron chi connectivity index (χ1n) is 3.91. The summed E-state index contributed by atoms with van der Waals surface area (Å²) in [6.07, 6.45) is 1.02. The lowest BCUT2D eigenvalue weighted by molar-refractivity contribution is -0.126. The number of hydrogen-bond donors (Lipinski definition) is 0. The molecular weight excluding hydrogens is 165 g/mol. The summed E-state index contributed by atoms with van der Waals surface area (Å²) in [4.78, 5) is 0. The highest BCUT2D eigenvalue weighted by Crippen LogP contribution is 2.28. The van der Waals surface area contributed by atoms with Crippen molar-refractivity contribution in [1.82, 2.24) is 0 Å². The molecule has 12 heavy (non-hydrogen) atoms. The van der Waals surface area contributed by atoms with Crippen LogP contribution in [0.2, 0.25) is 0 Å². The number of rotatable bonds is 1. The highest BCUT2D eigenvalue weighted by atomic mass is 19.4. The lowest BCUT2D eigenvalue weighted by atomic mass is 9.96. The second-order valence-corrected chi connectivity index (χ2v) is 3.15. The molecule has 0 bridgehead atoms. The van der Waals surface area contributed by atoms with Gasteiger partial charge in [-0.3, -0.25) is 0 Å². The Morgan fingerprint density at radius 1 is 1.50 bits per heavy atom. The number of allylic oxidation sites excluding steroid dienone is 4. The molecule has 0 amide bonds. The van der Waals surface area contributed by atoms with Crippen LogP contribution in [0.4, 0.5) is 13.2 Å². The van der Waals surface area contributed by atoms with Gasteiger partial charge in [-0.05, 0) is 17.9 Å². The standard InChI is InChI=1S/C9H11F3/c1-7-3-2-4-8(5-7)6-9(10,11)12/h2,4-5,7H,3,6H2,1H3. The Hall–Kier alpha value is -0.730. The normalized spacial score (nSPS) is 24.0. The molecule has 0 spiro atoms. The topological polar surface area (TPSA) is 0 Å². The first kappa shape index (κ1) is 9.36. The van der Waals surface area contributed by atoms with Crippen molar-refractivity contribution in [3.05, 3.63) is 23.8 Å². The number of alkyl halides is 3. The van der Waals surface area contributed by atoms with E-state index in [9.17, 15) is 13.2 Å². The van der Waals surface area contributed by atoms with Crippen molar-refractivity contribution in [2.24, 2.45) is 5.92 Å². The second kappa shape index (κ2) is 3.33. The van der Waals surface area contributed by atoms with Crippen LogP contribution < -0.4 is 0 Å². The summed E-state index contributed by atoms with van der Waals surface area (Å²) in [6.45, 7) is 1.92. The highest BCUT2D eigenvalue weighted by molar-refractivity contribution is 5.24. The molecule has 1 aliphatic carbocycles. The van der Waals surface area contributed by atoms with Gasteiger partial charge in [0.15, 0.2) is 0 Å². The van der Waals surface area contributed by atoms with E-state index in [1.165, 1.54) is 0 Å². The van der Waals surface area contributed by atoms with Gasteiger partial charge in [0.25, 0.3) is 0 Å². The van der Waals surface area contributed by atoms with Crippen LogP contribution in [0.25, 0.3) is 0 Å². The Labute approximate surface area is 69.8 Å². The molecule has 0 fully saturated rings. The minimum Gasteiger partial charge on any atom is -0.171 e. The molecule has 0 N–H and O–H groups in total. The van der Waals surface area contributed by atoms with E-state index in [4.69, 9.17) is 0 Å². The van der Waals surface area contributed by atoms with E-state index in [2.05, 4.69) is 0 Å². The summed E-state index contributed by atoms with van der Waals surface area (Å²) in [7, 11) is 0. The minimum absolute atomic E-state index is 0.243. The number of hydrogen-bond acceptors (Lipinski definition) is 0. The molecule has 1 rings (SSSR count). The molecule has 1 aliphatic rings. The van der Waals surface area contributed by atoms with Crippen molar-refractivity contribution < 1.29 is 13.2 Å². The SMILES string of the molecule is CC1C=C(CC(F)(F)F)C=CC1. The lowest BCUT2D eigenvalue weighted by Crippen LogP contribution is -2.09. The Bertz CT molecular complexity index is 210. The van der Waals surface area contributed by atoms with Gasteiger partial charge in [-0.2, -0.15) is 13.2 Å². The van der Waals surface area contributed by atoms with Gasteiger partial charge in [0, 0.05) is 0 Å². The van der Waals surface area contributed by atoms with Crippen molar-refractivity contribution in [3.8, 4) is 0 Å². The first-order chi connectivity index (χ1) is 5.47. The molecule has 3 heteroatoms. The maximum absolute atomic E-state index is 11.9. The predicted octanol–water partition coefficient (Wildman–Crippen LogP) is 3.46. The monoisotopic (exact) mass is 176 g/mol. The fourth-order valence-electron chi connectivity index (χ4n) is 1.27. The molecule has 0 aromatic heterocycles. The van der Waals surface area contributed by atoms with Crippen LogP contribution in [0.3, 0.4) is 0 Å². The molecule has 0 radical (unpaired) electrons. The molecule has 0 saturated carbocycles. The average Bonchev–Trinajstić information content (AvgIpc) is 1.82. The van der Waals surface area contributed by atoms with Gasteiger partial charge in [0.2, 0.25) is 0 Å². The predicted molar refractivity (Wildman–Crippen MR) is 41.7 cm³/mol. The van der Waals surface area contributed by atoms with Crippen LogP contribution >= 0.6 is 0 Å². The zero-order valence-electron chi connectivity index (χ0n) is 6.86. The van der Waals surface area contributed by atoms with Gasteiger partial charge < -0.3 is 0 Å². The molecule has 0 saturated heterocycles. The van der Waals surface area contributed by atoms with E-state index < -0.39 is 12.6 Å². The van der Waals surface area contributed by atoms with Gasteiger partial charge in [0.05, 0.1) is 6.42 Å². The Kier molecular flexibility index (Phi) is 2.60. The Balaban J connectivity index is 2.58. The fourth-order valence-corrected chi connectivity index (χ4v) is 1.27. The summed E-state index contributed by atoms with van der Waals surface area (Å²) in [5, 5.41) is 0. The molecule has 1 atom stereocenters. The number of halogens is 3. The van der Waals surface area contributed by atoms with Crippen molar-refractivity contribution in [1.29, 1.82) is 0 Å². The highest BCUT2D eigenvalue weighted by Gasteiger charge is 2.28. The van der Waals surface area contributed by atoms with Crippen molar-refractivity contribution in [2.75, 3.05) is 0 Å². The van der Waals surface area contributed by atoms with Crippen molar-refractivity contribution >= 4 is 0 Å². The third-order valence-corrected chi connectivity index (χ3v) is 1.74. The fraction of sp³-hybridized carbons (Fsp3) is 0.556. The molecule has 0 nitrogen and oxygen atoms in total. The van der Waals surface area contributed by atoms with E-state index in [1.807, 2.05) is 6.92 Å². The van der Waals surface area contributed by atoms with Crippen LogP contribution in [0.1, 0.15) is 19.8 Å². The van der Waals surface area contributed by atoms with Gasteiger partial charge in [0.1, 0.15) is 0 Å². The first-order valence-corrected chi connectivity index (χ1v) is 3.91. The van der Waals surface area contributed by atoms with Gasteiger partial charge >= 0.3 is 6.18 Å². The molecule has 68 valence electrons. The van der Waals surface area contributed by atoms with Crippen LogP contribution in [0.5, 0.6) is 0 Å². The molecule has 0 aliphatic heterocycles. The van der Waals surface area contributed by atoms with Crippen LogP contribution in [-0.4, -0.2) is 6.18 Å². The second-order valence-electron chi connectivity index (χ2n) is 3.15. The van der Waals surface area contributed by atoms with E-state index in [-0.39, 0.29) is 5.92 Å². The Morgan fingerprint density at radius 3 is 2.67 bits per heavy atom. The third-order valence-electron chi connectivity index (χ3n) is 1.74. The third kappa shape index (κ3) is 3.11. The smallest absolute Gasteiger partial charge is 0.171 e. The quantitative estimate of drug-likeness (QED) is 0.574. The lowest BCUT2D eigenvalue weighted by Gasteiger charge is -2.13. The zero-order valence-corrected chi connectivity index (χ0v) is 6.86. The minimum atomic E-state index is -4.08. The van der Waals surface area contributed by atoms with Gasteiger partial charge in [-0.1, -0.05) is 25.2 Å². The zero-order chi connectivity index (χ0) is 9.19. The van der Waals surface area contributed by atoms with Gasteiger partial charge in [-0.15, -0.1) is 0 Å². The molecule has 0 aromatic rings. The summed E-state index contributed by atoms with van der Waals surface area (Å²) in [6, 6.07) is 0. The summed E-state index contributed by atoms with van der Waals surface area (Å²) >= 11 is 0. The maximum Gasteiger partial charge on any atom is 0.393 e. The molecule has 1 unspecified atom stereocenters. The van der Waals surface area contributed by atoms with E-state index >= 15 is 0 Å². The average molecular weight is 176 g/mol. The van der Waals surface area contributed by atoms with E-state index in [0.29, 0.717) is 5.57 Å². The summed E-state index contributed by atoms with van der Waals surface area (Å²) in [5.74, 6) is 0.243. The van der Waals surface area contributed by atoms with Crippen LogP contribution in [-0.2, 0) is 0 Å². The largest absolute Gasteiger partial charge is 0.393 e. The molecule has 0 heterocycles. The Morgan fingerprint density at radius 2 is 2.17 bits per heavy atom. The summed E-state index contributed by atoms with van der Waals surface area (Å²) < 4.78 is 35.7. The van der Waals surface area contributed by atoms with E-state index in [0.717, 1.165) is 6.42 Å². The van der Waals surface area contributed by atoms with Crippen molar-refractivity contribution in [2.45, 2.75) is 25.9 Å².